The summed E-state index contributed by atoms with van der Waals surface area (Å²) >= 11 is 0. The van der Waals surface area contributed by atoms with E-state index in [-0.39, 0.29) is 12.4 Å². The molecule has 1 heterocycles. The molecule has 2 aromatic rings. The number of nitrogens with zero attached hydrogens (tertiary/aromatic N) is 2. The minimum atomic E-state index is 0.0306. The number of aliphatic hydroxyl groups excluding tert-OH is 1. The Morgan fingerprint density at radius 2 is 2.12 bits per heavy atom. The van der Waals surface area contributed by atoms with Crippen LogP contribution in [0.1, 0.15) is 5.56 Å². The molecule has 0 aliphatic carbocycles. The van der Waals surface area contributed by atoms with Gasteiger partial charge in [0.15, 0.2) is 0 Å². The lowest BCUT2D eigenvalue weighted by molar-refractivity contribution is 0.296. The van der Waals surface area contributed by atoms with Gasteiger partial charge in [-0.3, -0.25) is 0 Å². The van der Waals surface area contributed by atoms with Crippen molar-refractivity contribution in [1.29, 1.82) is 0 Å². The average molecular weight is 234 g/mol. The normalized spacial score (nSPS) is 10.5. The molecule has 1 aromatic carbocycles. The molecule has 0 fully saturated rings. The highest BCUT2D eigenvalue weighted by molar-refractivity contribution is 5.48. The van der Waals surface area contributed by atoms with Gasteiger partial charge in [0.05, 0.1) is 13.3 Å². The van der Waals surface area contributed by atoms with Crippen molar-refractivity contribution >= 4 is 0 Å². The second-order valence-electron chi connectivity index (χ2n) is 3.55. The van der Waals surface area contributed by atoms with E-state index < -0.39 is 0 Å². The van der Waals surface area contributed by atoms with Crippen LogP contribution in [0, 0.1) is 0 Å². The van der Waals surface area contributed by atoms with Crippen LogP contribution in [0.2, 0.25) is 0 Å². The lowest BCUT2D eigenvalue weighted by Crippen LogP contribution is -2.01. The first kappa shape index (κ1) is 11.5. The number of hydrogen-bond acceptors (Lipinski definition) is 4. The maximum atomic E-state index is 9.76. The van der Waals surface area contributed by atoms with E-state index in [9.17, 15) is 5.11 Å². The van der Waals surface area contributed by atoms with Crippen molar-refractivity contribution in [3.63, 3.8) is 0 Å². The van der Waals surface area contributed by atoms with Gasteiger partial charge in [-0.15, -0.1) is 0 Å². The van der Waals surface area contributed by atoms with E-state index in [0.29, 0.717) is 18.0 Å². The molecule has 0 saturated carbocycles. The van der Waals surface area contributed by atoms with Gasteiger partial charge in [0, 0.05) is 18.6 Å². The Hall–Kier alpha value is -2.01. The molecule has 0 unspecified atom stereocenters. The lowest BCUT2D eigenvalue weighted by atomic mass is 10.2. The number of methoxy groups -OCH3 is 1. The highest BCUT2D eigenvalue weighted by Gasteiger charge is 2.14. The molecule has 0 aliphatic rings. The molecule has 5 nitrogen and oxygen atoms in total. The van der Waals surface area contributed by atoms with Gasteiger partial charge in [-0.25, -0.2) is 0 Å². The van der Waals surface area contributed by atoms with Gasteiger partial charge >= 0.3 is 0 Å². The van der Waals surface area contributed by atoms with E-state index in [4.69, 9.17) is 9.84 Å². The summed E-state index contributed by atoms with van der Waals surface area (Å²) in [5.74, 6) is 0.657. The molecule has 0 radical (unpaired) electrons. The number of aliphatic hydroxyl groups is 1. The monoisotopic (exact) mass is 234 g/mol. The van der Waals surface area contributed by atoms with Crippen LogP contribution >= 0.6 is 0 Å². The maximum absolute atomic E-state index is 9.76. The summed E-state index contributed by atoms with van der Waals surface area (Å²) in [4.78, 5) is 0. The summed E-state index contributed by atoms with van der Waals surface area (Å²) in [5.41, 5.74) is 1.35. The third-order valence-electron chi connectivity index (χ3n) is 2.48. The standard InChI is InChI=1S/C12H14N2O3/c1-17-12-9(6-7-15)8-13-14(12)10-4-2-3-5-11(10)16/h2-5,8,15-16H,6-7H2,1H3. The fourth-order valence-corrected chi connectivity index (χ4v) is 1.70. The zero-order valence-electron chi connectivity index (χ0n) is 9.50. The van der Waals surface area contributed by atoms with Gasteiger partial charge < -0.3 is 14.9 Å². The van der Waals surface area contributed by atoms with E-state index in [1.807, 2.05) is 6.07 Å². The Morgan fingerprint density at radius 3 is 2.76 bits per heavy atom. The summed E-state index contributed by atoms with van der Waals surface area (Å²) in [6, 6.07) is 6.88. The molecule has 0 aliphatic heterocycles. The minimum absolute atomic E-state index is 0.0306. The van der Waals surface area contributed by atoms with Crippen molar-refractivity contribution in [3.05, 3.63) is 36.0 Å². The molecular formula is C12H14N2O3. The lowest BCUT2D eigenvalue weighted by Gasteiger charge is -2.09. The summed E-state index contributed by atoms with van der Waals surface area (Å²) in [5, 5.41) is 22.8. The maximum Gasteiger partial charge on any atom is 0.219 e. The zero-order valence-corrected chi connectivity index (χ0v) is 9.50. The highest BCUT2D eigenvalue weighted by Crippen LogP contribution is 2.27. The molecule has 2 N–H and O–H groups in total. The fraction of sp³-hybridized carbons (Fsp3) is 0.250. The number of hydrogen-bond donors (Lipinski definition) is 2. The molecule has 0 spiro atoms. The molecule has 5 heteroatoms. The topological polar surface area (TPSA) is 67.5 Å². The molecule has 0 amide bonds. The quantitative estimate of drug-likeness (QED) is 0.832. The third-order valence-corrected chi connectivity index (χ3v) is 2.48. The van der Waals surface area contributed by atoms with Crippen LogP contribution in [0.4, 0.5) is 0 Å². The molecule has 90 valence electrons. The van der Waals surface area contributed by atoms with Crippen molar-refractivity contribution < 1.29 is 14.9 Å². The number of rotatable bonds is 4. The zero-order chi connectivity index (χ0) is 12.3. The second kappa shape index (κ2) is 4.88. The Bertz CT molecular complexity index is 508. The largest absolute Gasteiger partial charge is 0.506 e. The SMILES string of the molecule is COc1c(CCO)cnn1-c1ccccc1O. The molecule has 0 bridgehead atoms. The van der Waals surface area contributed by atoms with Crippen molar-refractivity contribution in [2.75, 3.05) is 13.7 Å². The number of phenolic OH excluding ortho intramolecular Hbond substituents is 1. The van der Waals surface area contributed by atoms with Crippen LogP contribution < -0.4 is 4.74 Å². The first-order valence-electron chi connectivity index (χ1n) is 5.28. The molecule has 1 aromatic heterocycles. The number of para-hydroxylation sites is 2. The smallest absolute Gasteiger partial charge is 0.219 e. The molecule has 17 heavy (non-hydrogen) atoms. The van der Waals surface area contributed by atoms with E-state index >= 15 is 0 Å². The predicted molar refractivity (Wildman–Crippen MR) is 62.6 cm³/mol. The summed E-state index contributed by atoms with van der Waals surface area (Å²) in [7, 11) is 1.54. The van der Waals surface area contributed by atoms with Gasteiger partial charge in [-0.2, -0.15) is 9.78 Å². The van der Waals surface area contributed by atoms with Gasteiger partial charge in [-0.1, -0.05) is 12.1 Å². The Balaban J connectivity index is 2.49. The van der Waals surface area contributed by atoms with Crippen molar-refractivity contribution in [1.82, 2.24) is 9.78 Å². The molecular weight excluding hydrogens is 220 g/mol. The number of phenols is 1. The van der Waals surface area contributed by atoms with E-state index in [1.54, 1.807) is 24.4 Å². The van der Waals surface area contributed by atoms with Crippen LogP contribution in [0.5, 0.6) is 11.6 Å². The molecule has 2 rings (SSSR count). The van der Waals surface area contributed by atoms with Crippen LogP contribution in [0.25, 0.3) is 5.69 Å². The molecule has 0 saturated heterocycles. The van der Waals surface area contributed by atoms with Crippen molar-refractivity contribution in [3.8, 4) is 17.3 Å². The highest BCUT2D eigenvalue weighted by atomic mass is 16.5. The average Bonchev–Trinajstić information content (AvgIpc) is 2.73. The Labute approximate surface area is 98.9 Å². The summed E-state index contributed by atoms with van der Waals surface area (Å²) in [6.45, 7) is 0.0306. The van der Waals surface area contributed by atoms with Crippen LogP contribution in [0.3, 0.4) is 0 Å². The summed E-state index contributed by atoms with van der Waals surface area (Å²) in [6.07, 6.45) is 2.10. The van der Waals surface area contributed by atoms with Gasteiger partial charge in [0.25, 0.3) is 0 Å². The number of aromatic hydroxyl groups is 1. The van der Waals surface area contributed by atoms with Crippen molar-refractivity contribution in [2.45, 2.75) is 6.42 Å². The van der Waals surface area contributed by atoms with E-state index in [0.717, 1.165) is 5.56 Å². The first-order valence-corrected chi connectivity index (χ1v) is 5.28. The predicted octanol–water partition coefficient (Wildman–Crippen LogP) is 1.12. The number of ether oxygens (including phenoxy) is 1. The van der Waals surface area contributed by atoms with Gasteiger partial charge in [0.1, 0.15) is 11.4 Å². The second-order valence-corrected chi connectivity index (χ2v) is 3.55. The van der Waals surface area contributed by atoms with Crippen LogP contribution in [-0.4, -0.2) is 33.7 Å². The Kier molecular flexibility index (Phi) is 3.30. The van der Waals surface area contributed by atoms with E-state index in [1.165, 1.54) is 11.8 Å². The number of benzene rings is 1. The van der Waals surface area contributed by atoms with Crippen LogP contribution in [0.15, 0.2) is 30.5 Å². The minimum Gasteiger partial charge on any atom is -0.506 e. The van der Waals surface area contributed by atoms with E-state index in [2.05, 4.69) is 5.10 Å². The van der Waals surface area contributed by atoms with Crippen LogP contribution in [-0.2, 0) is 6.42 Å². The fourth-order valence-electron chi connectivity index (χ4n) is 1.70. The van der Waals surface area contributed by atoms with Gasteiger partial charge in [0.2, 0.25) is 5.88 Å². The summed E-state index contributed by atoms with van der Waals surface area (Å²) < 4.78 is 6.77. The number of aromatic nitrogens is 2. The molecule has 0 atom stereocenters. The third kappa shape index (κ3) is 2.09. The van der Waals surface area contributed by atoms with Gasteiger partial charge in [-0.05, 0) is 12.1 Å². The van der Waals surface area contributed by atoms with Crippen molar-refractivity contribution in [2.24, 2.45) is 0 Å². The first-order chi connectivity index (χ1) is 8.27. The Morgan fingerprint density at radius 1 is 1.35 bits per heavy atom.